The second-order valence-corrected chi connectivity index (χ2v) is 5.18. The second kappa shape index (κ2) is 6.41. The summed E-state index contributed by atoms with van der Waals surface area (Å²) in [5.74, 6) is -0.239. The zero-order valence-corrected chi connectivity index (χ0v) is 12.0. The molecule has 0 spiro atoms. The van der Waals surface area contributed by atoms with Crippen molar-refractivity contribution in [2.24, 2.45) is 0 Å². The number of para-hydroxylation sites is 1. The Kier molecular flexibility index (Phi) is 4.16. The van der Waals surface area contributed by atoms with Crippen LogP contribution in [0.5, 0.6) is 0 Å². The third kappa shape index (κ3) is 3.15. The number of amides is 2. The second-order valence-electron chi connectivity index (χ2n) is 5.18. The van der Waals surface area contributed by atoms with E-state index in [-0.39, 0.29) is 11.8 Å². The van der Waals surface area contributed by atoms with Gasteiger partial charge in [0.2, 0.25) is 11.8 Å². The van der Waals surface area contributed by atoms with Gasteiger partial charge in [0.15, 0.2) is 0 Å². The van der Waals surface area contributed by atoms with Crippen molar-refractivity contribution in [2.75, 3.05) is 5.32 Å². The van der Waals surface area contributed by atoms with Gasteiger partial charge in [-0.25, -0.2) is 5.43 Å². The molecule has 1 atom stereocenters. The molecule has 112 valence electrons. The van der Waals surface area contributed by atoms with Crippen molar-refractivity contribution in [1.82, 2.24) is 10.9 Å². The monoisotopic (exact) mass is 295 g/mol. The van der Waals surface area contributed by atoms with E-state index in [1.807, 2.05) is 54.6 Å². The lowest BCUT2D eigenvalue weighted by atomic mass is 10.0. The standard InChI is InChI=1S/C17H17N3O2/c21-16-11-10-15(19-20-16)17(22)18-14-9-5-4-8-13(14)12-6-2-1-3-7-12/h1-9,15,19H,10-11H2,(H,18,22)(H,20,21). The molecule has 0 aromatic heterocycles. The lowest BCUT2D eigenvalue weighted by Crippen LogP contribution is -2.54. The maximum atomic E-state index is 12.3. The van der Waals surface area contributed by atoms with Crippen LogP contribution in [0.3, 0.4) is 0 Å². The number of rotatable bonds is 3. The van der Waals surface area contributed by atoms with Crippen LogP contribution in [-0.2, 0) is 9.59 Å². The molecule has 0 saturated carbocycles. The maximum Gasteiger partial charge on any atom is 0.243 e. The Balaban J connectivity index is 1.78. The van der Waals surface area contributed by atoms with Crippen molar-refractivity contribution in [2.45, 2.75) is 18.9 Å². The van der Waals surface area contributed by atoms with Gasteiger partial charge in [-0.15, -0.1) is 0 Å². The molecular weight excluding hydrogens is 278 g/mol. The van der Waals surface area contributed by atoms with E-state index in [0.717, 1.165) is 16.8 Å². The number of nitrogens with one attached hydrogen (secondary N) is 3. The largest absolute Gasteiger partial charge is 0.324 e. The van der Waals surface area contributed by atoms with Crippen LogP contribution in [0, 0.1) is 0 Å². The maximum absolute atomic E-state index is 12.3. The minimum Gasteiger partial charge on any atom is -0.324 e. The third-order valence-corrected chi connectivity index (χ3v) is 3.63. The molecule has 1 saturated heterocycles. The van der Waals surface area contributed by atoms with Gasteiger partial charge in [0.1, 0.15) is 6.04 Å². The van der Waals surface area contributed by atoms with Gasteiger partial charge in [0.25, 0.3) is 0 Å². The van der Waals surface area contributed by atoms with Crippen LogP contribution in [0.15, 0.2) is 54.6 Å². The number of benzene rings is 2. The first-order valence-corrected chi connectivity index (χ1v) is 7.24. The van der Waals surface area contributed by atoms with E-state index < -0.39 is 6.04 Å². The molecule has 22 heavy (non-hydrogen) atoms. The Hall–Kier alpha value is -2.66. The highest BCUT2D eigenvalue weighted by molar-refractivity contribution is 5.99. The smallest absolute Gasteiger partial charge is 0.243 e. The summed E-state index contributed by atoms with van der Waals surface area (Å²) in [7, 11) is 0. The Bertz CT molecular complexity index is 675. The fraction of sp³-hybridized carbons (Fsp3) is 0.176. The Morgan fingerprint density at radius 3 is 2.50 bits per heavy atom. The Morgan fingerprint density at radius 2 is 1.77 bits per heavy atom. The number of carbonyl (C=O) groups is 2. The van der Waals surface area contributed by atoms with Gasteiger partial charge in [0.05, 0.1) is 0 Å². The number of hydrogen-bond acceptors (Lipinski definition) is 3. The molecule has 1 aliphatic rings. The zero-order valence-electron chi connectivity index (χ0n) is 12.0. The molecule has 1 heterocycles. The molecule has 1 unspecified atom stereocenters. The summed E-state index contributed by atoms with van der Waals surface area (Å²) in [6.45, 7) is 0. The molecule has 5 heteroatoms. The summed E-state index contributed by atoms with van der Waals surface area (Å²) in [4.78, 5) is 23.5. The van der Waals surface area contributed by atoms with Crippen LogP contribution >= 0.6 is 0 Å². The molecule has 1 aliphatic heterocycles. The van der Waals surface area contributed by atoms with Crippen molar-refractivity contribution in [3.63, 3.8) is 0 Å². The fourth-order valence-corrected chi connectivity index (χ4v) is 2.46. The SMILES string of the molecule is O=C1CCC(C(=O)Nc2ccccc2-c2ccccc2)NN1. The highest BCUT2D eigenvalue weighted by atomic mass is 16.2. The molecule has 0 aliphatic carbocycles. The predicted molar refractivity (Wildman–Crippen MR) is 84.8 cm³/mol. The van der Waals surface area contributed by atoms with Crippen LogP contribution in [0.4, 0.5) is 5.69 Å². The van der Waals surface area contributed by atoms with E-state index in [1.54, 1.807) is 0 Å². The topological polar surface area (TPSA) is 70.2 Å². The summed E-state index contributed by atoms with van der Waals surface area (Å²) in [6.07, 6.45) is 0.844. The minimum absolute atomic E-state index is 0.0891. The summed E-state index contributed by atoms with van der Waals surface area (Å²) in [6, 6.07) is 17.2. The van der Waals surface area contributed by atoms with E-state index >= 15 is 0 Å². The van der Waals surface area contributed by atoms with E-state index in [4.69, 9.17) is 0 Å². The van der Waals surface area contributed by atoms with Crippen LogP contribution in [0.1, 0.15) is 12.8 Å². The molecular formula is C17H17N3O2. The molecule has 1 fully saturated rings. The fourth-order valence-electron chi connectivity index (χ4n) is 2.46. The molecule has 3 rings (SSSR count). The third-order valence-electron chi connectivity index (χ3n) is 3.63. The first-order chi connectivity index (χ1) is 10.7. The summed E-state index contributed by atoms with van der Waals surface area (Å²) in [5.41, 5.74) is 8.01. The van der Waals surface area contributed by atoms with Gasteiger partial charge in [-0.3, -0.25) is 15.0 Å². The lowest BCUT2D eigenvalue weighted by Gasteiger charge is -2.23. The number of anilines is 1. The number of hydrogen-bond donors (Lipinski definition) is 3. The molecule has 0 bridgehead atoms. The zero-order chi connectivity index (χ0) is 15.4. The van der Waals surface area contributed by atoms with Crippen LogP contribution in [-0.4, -0.2) is 17.9 Å². The van der Waals surface area contributed by atoms with Crippen molar-refractivity contribution in [3.05, 3.63) is 54.6 Å². The van der Waals surface area contributed by atoms with Gasteiger partial charge >= 0.3 is 0 Å². The van der Waals surface area contributed by atoms with Crippen molar-refractivity contribution < 1.29 is 9.59 Å². The molecule has 2 aromatic carbocycles. The summed E-state index contributed by atoms with van der Waals surface area (Å²) in [5, 5.41) is 2.94. The molecule has 2 amide bonds. The number of hydrazine groups is 1. The van der Waals surface area contributed by atoms with E-state index in [0.29, 0.717) is 12.8 Å². The first-order valence-electron chi connectivity index (χ1n) is 7.24. The summed E-state index contributed by atoms with van der Waals surface area (Å²) < 4.78 is 0. The van der Waals surface area contributed by atoms with Gasteiger partial charge in [0, 0.05) is 17.7 Å². The minimum atomic E-state index is -0.415. The van der Waals surface area contributed by atoms with E-state index in [9.17, 15) is 9.59 Å². The molecule has 5 nitrogen and oxygen atoms in total. The highest BCUT2D eigenvalue weighted by Gasteiger charge is 2.24. The van der Waals surface area contributed by atoms with Gasteiger partial charge in [-0.05, 0) is 18.1 Å². The van der Waals surface area contributed by atoms with E-state index in [2.05, 4.69) is 16.2 Å². The Labute approximate surface area is 128 Å². The van der Waals surface area contributed by atoms with Crippen LogP contribution < -0.4 is 16.2 Å². The Morgan fingerprint density at radius 1 is 1.05 bits per heavy atom. The molecule has 0 radical (unpaired) electrons. The van der Waals surface area contributed by atoms with Crippen molar-refractivity contribution >= 4 is 17.5 Å². The molecule has 3 N–H and O–H groups in total. The van der Waals surface area contributed by atoms with Gasteiger partial charge in [-0.2, -0.15) is 0 Å². The van der Waals surface area contributed by atoms with Crippen molar-refractivity contribution in [3.8, 4) is 11.1 Å². The quantitative estimate of drug-likeness (QED) is 0.812. The number of carbonyl (C=O) groups excluding carboxylic acids is 2. The normalized spacial score (nSPS) is 17.6. The van der Waals surface area contributed by atoms with Crippen molar-refractivity contribution in [1.29, 1.82) is 0 Å². The predicted octanol–water partition coefficient (Wildman–Crippen LogP) is 2.08. The molecule has 2 aromatic rings. The lowest BCUT2D eigenvalue weighted by molar-refractivity contribution is -0.126. The summed E-state index contributed by atoms with van der Waals surface area (Å²) >= 11 is 0. The average Bonchev–Trinajstić information content (AvgIpc) is 2.57. The average molecular weight is 295 g/mol. The van der Waals surface area contributed by atoms with Crippen LogP contribution in [0.2, 0.25) is 0 Å². The van der Waals surface area contributed by atoms with Crippen LogP contribution in [0.25, 0.3) is 11.1 Å². The van der Waals surface area contributed by atoms with Gasteiger partial charge < -0.3 is 5.32 Å². The van der Waals surface area contributed by atoms with Gasteiger partial charge in [-0.1, -0.05) is 48.5 Å². The highest BCUT2D eigenvalue weighted by Crippen LogP contribution is 2.27. The first kappa shape index (κ1) is 14.3. The van der Waals surface area contributed by atoms with E-state index in [1.165, 1.54) is 0 Å².